The van der Waals surface area contributed by atoms with Crippen molar-refractivity contribution in [3.8, 4) is 11.5 Å². The molecule has 3 heterocycles. The average Bonchev–Trinajstić information content (AvgIpc) is 3.60. The van der Waals surface area contributed by atoms with Crippen molar-refractivity contribution in [2.75, 3.05) is 24.7 Å². The van der Waals surface area contributed by atoms with Gasteiger partial charge in [-0.2, -0.15) is 5.10 Å². The predicted octanol–water partition coefficient (Wildman–Crippen LogP) is 4.15. The molecule has 0 aliphatic carbocycles. The molecule has 0 fully saturated rings. The highest BCUT2D eigenvalue weighted by Gasteiger charge is 2.22. The first-order valence-electron chi connectivity index (χ1n) is 11.1. The topological polar surface area (TPSA) is 82.9 Å². The number of carbonyl (C=O) groups is 2. The third kappa shape index (κ3) is 5.52. The number of esters is 1. The summed E-state index contributed by atoms with van der Waals surface area (Å²) in [5.74, 6) is 0.344. The van der Waals surface area contributed by atoms with Crippen LogP contribution in [0.1, 0.15) is 20.8 Å². The van der Waals surface area contributed by atoms with Gasteiger partial charge in [-0.1, -0.05) is 18.2 Å². The van der Waals surface area contributed by atoms with Gasteiger partial charge in [0.05, 0.1) is 18.7 Å². The quantitative estimate of drug-likeness (QED) is 0.346. The van der Waals surface area contributed by atoms with E-state index in [1.807, 2.05) is 41.9 Å². The van der Waals surface area contributed by atoms with E-state index in [0.717, 1.165) is 10.4 Å². The maximum Gasteiger partial charge on any atom is 0.338 e. The number of hydrogen-bond donors (Lipinski definition) is 0. The van der Waals surface area contributed by atoms with E-state index in [4.69, 9.17) is 14.2 Å². The highest BCUT2D eigenvalue weighted by molar-refractivity contribution is 7.09. The number of amides is 1. The van der Waals surface area contributed by atoms with Crippen LogP contribution in [-0.4, -0.2) is 41.5 Å². The van der Waals surface area contributed by atoms with Crippen LogP contribution in [0.2, 0.25) is 0 Å². The summed E-state index contributed by atoms with van der Waals surface area (Å²) in [5.41, 5.74) is 2.03. The van der Waals surface area contributed by atoms with Crippen molar-refractivity contribution in [1.29, 1.82) is 0 Å². The number of nitrogens with zero attached hydrogens (tertiary/aromatic N) is 3. The molecular weight excluding hydrogens is 466 g/mol. The molecule has 35 heavy (non-hydrogen) atoms. The second-order valence-corrected chi connectivity index (χ2v) is 8.90. The first kappa shape index (κ1) is 22.7. The Labute approximate surface area is 206 Å². The number of aromatic nitrogens is 2. The second-order valence-electron chi connectivity index (χ2n) is 7.86. The van der Waals surface area contributed by atoms with E-state index < -0.39 is 5.97 Å². The van der Waals surface area contributed by atoms with Crippen molar-refractivity contribution in [3.63, 3.8) is 0 Å². The first-order chi connectivity index (χ1) is 17.2. The SMILES string of the molecule is O=C(OCC(=O)N(Cc1cccs1)c1ccc2c(c1)OCCO2)c1ccc(Cn2cccn2)cc1. The Balaban J connectivity index is 1.26. The fourth-order valence-corrected chi connectivity index (χ4v) is 4.39. The van der Waals surface area contributed by atoms with E-state index in [-0.39, 0.29) is 12.5 Å². The largest absolute Gasteiger partial charge is 0.486 e. The van der Waals surface area contributed by atoms with Gasteiger partial charge in [0.2, 0.25) is 0 Å². The number of anilines is 1. The monoisotopic (exact) mass is 489 g/mol. The van der Waals surface area contributed by atoms with Crippen molar-refractivity contribution in [2.24, 2.45) is 0 Å². The molecule has 0 radical (unpaired) electrons. The Morgan fingerprint density at radius 1 is 1.03 bits per heavy atom. The van der Waals surface area contributed by atoms with E-state index in [1.165, 1.54) is 0 Å². The summed E-state index contributed by atoms with van der Waals surface area (Å²) in [6.45, 7) is 1.52. The molecule has 5 rings (SSSR count). The van der Waals surface area contributed by atoms with Crippen LogP contribution < -0.4 is 14.4 Å². The maximum atomic E-state index is 13.2. The van der Waals surface area contributed by atoms with Crippen molar-refractivity contribution < 1.29 is 23.8 Å². The lowest BCUT2D eigenvalue weighted by Crippen LogP contribution is -2.34. The van der Waals surface area contributed by atoms with Gasteiger partial charge in [0, 0.05) is 29.0 Å². The van der Waals surface area contributed by atoms with Crippen LogP contribution in [-0.2, 0) is 22.6 Å². The zero-order valence-corrected chi connectivity index (χ0v) is 19.6. The van der Waals surface area contributed by atoms with Crippen molar-refractivity contribution in [1.82, 2.24) is 9.78 Å². The molecule has 4 aromatic rings. The number of benzene rings is 2. The molecule has 0 atom stereocenters. The van der Waals surface area contributed by atoms with Gasteiger partial charge in [-0.05, 0) is 47.3 Å². The highest BCUT2D eigenvalue weighted by Crippen LogP contribution is 2.34. The standard InChI is InChI=1S/C26H23N3O5S/c30-25(18-34-26(31)20-6-4-19(5-7-20)16-28-11-2-10-27-28)29(17-22-3-1-14-35-22)21-8-9-23-24(15-21)33-13-12-32-23/h1-11,14-15H,12-13,16-18H2. The molecule has 1 aliphatic rings. The van der Waals surface area contributed by atoms with E-state index in [2.05, 4.69) is 5.10 Å². The molecule has 0 N–H and O–H groups in total. The number of thiophene rings is 1. The molecule has 0 bridgehead atoms. The van der Waals surface area contributed by atoms with Gasteiger partial charge in [0.15, 0.2) is 18.1 Å². The van der Waals surface area contributed by atoms with Crippen LogP contribution >= 0.6 is 11.3 Å². The van der Waals surface area contributed by atoms with Crippen LogP contribution in [0, 0.1) is 0 Å². The number of fused-ring (bicyclic) bond motifs is 1. The highest BCUT2D eigenvalue weighted by atomic mass is 32.1. The summed E-state index contributed by atoms with van der Waals surface area (Å²) in [7, 11) is 0. The fraction of sp³-hybridized carbons (Fsp3) is 0.192. The summed E-state index contributed by atoms with van der Waals surface area (Å²) in [5, 5.41) is 6.13. The van der Waals surface area contributed by atoms with Gasteiger partial charge in [-0.15, -0.1) is 11.3 Å². The molecule has 1 aliphatic heterocycles. The smallest absolute Gasteiger partial charge is 0.338 e. The molecule has 8 nitrogen and oxygen atoms in total. The van der Waals surface area contributed by atoms with Gasteiger partial charge >= 0.3 is 5.97 Å². The van der Waals surface area contributed by atoms with Crippen LogP contribution in [0.25, 0.3) is 0 Å². The summed E-state index contributed by atoms with van der Waals surface area (Å²) in [6.07, 6.45) is 3.59. The molecule has 0 unspecified atom stereocenters. The van der Waals surface area contributed by atoms with Crippen LogP contribution in [0.5, 0.6) is 11.5 Å². The Morgan fingerprint density at radius 3 is 2.60 bits per heavy atom. The van der Waals surface area contributed by atoms with Crippen LogP contribution in [0.4, 0.5) is 5.69 Å². The molecule has 0 saturated carbocycles. The molecule has 9 heteroatoms. The zero-order chi connectivity index (χ0) is 24.0. The Morgan fingerprint density at radius 2 is 1.86 bits per heavy atom. The molecular formula is C26H23N3O5S. The number of carbonyl (C=O) groups excluding carboxylic acids is 2. The van der Waals surface area contributed by atoms with E-state index in [0.29, 0.717) is 49.1 Å². The summed E-state index contributed by atoms with van der Waals surface area (Å²) < 4.78 is 18.4. The lowest BCUT2D eigenvalue weighted by molar-refractivity contribution is -0.121. The predicted molar refractivity (Wildman–Crippen MR) is 131 cm³/mol. The number of rotatable bonds is 8. The Hall–Kier alpha value is -4.11. The van der Waals surface area contributed by atoms with Gasteiger partial charge in [0.25, 0.3) is 5.91 Å². The molecule has 2 aromatic carbocycles. The minimum Gasteiger partial charge on any atom is -0.486 e. The zero-order valence-electron chi connectivity index (χ0n) is 18.8. The number of ether oxygens (including phenoxy) is 3. The summed E-state index contributed by atoms with van der Waals surface area (Å²) in [4.78, 5) is 28.4. The van der Waals surface area contributed by atoms with Gasteiger partial charge in [-0.3, -0.25) is 9.48 Å². The summed E-state index contributed by atoms with van der Waals surface area (Å²) in [6, 6.07) is 18.2. The van der Waals surface area contributed by atoms with E-state index in [1.54, 1.807) is 57.4 Å². The Kier molecular flexibility index (Phi) is 6.76. The van der Waals surface area contributed by atoms with Crippen molar-refractivity contribution in [3.05, 3.63) is 94.4 Å². The van der Waals surface area contributed by atoms with Crippen LogP contribution in [0.15, 0.2) is 78.4 Å². The van der Waals surface area contributed by atoms with Gasteiger partial charge in [-0.25, -0.2) is 4.79 Å². The lowest BCUT2D eigenvalue weighted by atomic mass is 10.1. The van der Waals surface area contributed by atoms with E-state index in [9.17, 15) is 9.59 Å². The molecule has 0 spiro atoms. The van der Waals surface area contributed by atoms with Crippen molar-refractivity contribution in [2.45, 2.75) is 13.1 Å². The minimum absolute atomic E-state index is 0.335. The third-order valence-electron chi connectivity index (χ3n) is 5.45. The third-order valence-corrected chi connectivity index (χ3v) is 6.31. The fourth-order valence-electron chi connectivity index (χ4n) is 3.70. The first-order valence-corrected chi connectivity index (χ1v) is 12.0. The summed E-state index contributed by atoms with van der Waals surface area (Å²) >= 11 is 1.55. The second kappa shape index (κ2) is 10.4. The molecule has 1 amide bonds. The van der Waals surface area contributed by atoms with Crippen molar-refractivity contribution >= 4 is 28.9 Å². The average molecular weight is 490 g/mol. The molecule has 2 aromatic heterocycles. The minimum atomic E-state index is -0.553. The van der Waals surface area contributed by atoms with E-state index >= 15 is 0 Å². The number of hydrogen-bond acceptors (Lipinski definition) is 7. The Bertz CT molecular complexity index is 1290. The molecule has 178 valence electrons. The van der Waals surface area contributed by atoms with Crippen LogP contribution in [0.3, 0.4) is 0 Å². The molecule has 0 saturated heterocycles. The normalized spacial score (nSPS) is 12.2. The maximum absolute atomic E-state index is 13.2. The van der Waals surface area contributed by atoms with Gasteiger partial charge < -0.3 is 19.1 Å². The lowest BCUT2D eigenvalue weighted by Gasteiger charge is -2.25. The van der Waals surface area contributed by atoms with Gasteiger partial charge in [0.1, 0.15) is 13.2 Å².